The van der Waals surface area contributed by atoms with Crippen molar-refractivity contribution in [1.82, 2.24) is 9.88 Å². The molecule has 0 bridgehead atoms. The molecule has 0 saturated heterocycles. The Hall–Kier alpha value is -3.11. The molecule has 0 aliphatic heterocycles. The lowest BCUT2D eigenvalue weighted by Gasteiger charge is -2.21. The fourth-order valence-electron chi connectivity index (χ4n) is 4.44. The number of hydrogen-bond donors (Lipinski definition) is 2. The van der Waals surface area contributed by atoms with Gasteiger partial charge in [0.25, 0.3) is 5.91 Å². The summed E-state index contributed by atoms with van der Waals surface area (Å²) in [6.45, 7) is 3.32. The Morgan fingerprint density at radius 3 is 2.66 bits per heavy atom. The van der Waals surface area contributed by atoms with Crippen LogP contribution >= 0.6 is 0 Å². The van der Waals surface area contributed by atoms with Crippen molar-refractivity contribution >= 4 is 27.6 Å². The van der Waals surface area contributed by atoms with Crippen LogP contribution < -0.4 is 11.1 Å². The van der Waals surface area contributed by atoms with Gasteiger partial charge >= 0.3 is 0 Å². The largest absolute Gasteiger partial charge is 0.346 e. The number of carbonyl (C=O) groups excluding carboxylic acids is 1. The van der Waals surface area contributed by atoms with Crippen LogP contribution in [0.1, 0.15) is 34.3 Å². The van der Waals surface area contributed by atoms with E-state index in [-0.39, 0.29) is 11.4 Å². The molecular weight excluding hydrogens is 358 g/mol. The summed E-state index contributed by atoms with van der Waals surface area (Å²) in [5.74, 6) is -0.00432. The number of amides is 1. The van der Waals surface area contributed by atoms with Crippen molar-refractivity contribution in [1.29, 1.82) is 0 Å². The molecule has 146 valence electrons. The van der Waals surface area contributed by atoms with Gasteiger partial charge in [0.2, 0.25) is 0 Å². The normalized spacial score (nSPS) is 15.0. The molecule has 1 fully saturated rings. The highest BCUT2D eigenvalue weighted by atomic mass is 16.1. The SMILES string of the molecule is Cc1cc2ccn(CCN)c2cc1C(=O)NC1(c2cccc3ccccc23)CC1. The van der Waals surface area contributed by atoms with E-state index in [1.807, 2.05) is 19.2 Å². The van der Waals surface area contributed by atoms with E-state index in [0.717, 1.165) is 41.4 Å². The van der Waals surface area contributed by atoms with Crippen molar-refractivity contribution in [3.8, 4) is 0 Å². The Labute approximate surface area is 170 Å². The molecule has 0 unspecified atom stereocenters. The lowest BCUT2D eigenvalue weighted by atomic mass is 9.96. The van der Waals surface area contributed by atoms with Gasteiger partial charge in [-0.2, -0.15) is 0 Å². The van der Waals surface area contributed by atoms with Gasteiger partial charge in [-0.15, -0.1) is 0 Å². The Morgan fingerprint density at radius 1 is 1.07 bits per heavy atom. The third-order valence-corrected chi connectivity index (χ3v) is 6.14. The van der Waals surface area contributed by atoms with E-state index in [1.54, 1.807) is 0 Å². The highest BCUT2D eigenvalue weighted by Crippen LogP contribution is 2.48. The molecule has 4 aromatic rings. The molecule has 1 amide bonds. The highest BCUT2D eigenvalue weighted by Gasteiger charge is 2.46. The number of aromatic nitrogens is 1. The Balaban J connectivity index is 1.51. The molecule has 1 aliphatic rings. The van der Waals surface area contributed by atoms with Crippen molar-refractivity contribution < 1.29 is 4.79 Å². The van der Waals surface area contributed by atoms with E-state index in [2.05, 4.69) is 64.5 Å². The smallest absolute Gasteiger partial charge is 0.252 e. The number of fused-ring (bicyclic) bond motifs is 2. The topological polar surface area (TPSA) is 60.0 Å². The summed E-state index contributed by atoms with van der Waals surface area (Å²) in [5, 5.41) is 6.94. The number of benzene rings is 3. The first kappa shape index (κ1) is 18.0. The van der Waals surface area contributed by atoms with Gasteiger partial charge < -0.3 is 15.6 Å². The summed E-state index contributed by atoms with van der Waals surface area (Å²) in [6.07, 6.45) is 3.98. The third-order valence-electron chi connectivity index (χ3n) is 6.14. The molecule has 0 spiro atoms. The van der Waals surface area contributed by atoms with Gasteiger partial charge in [-0.05, 0) is 65.3 Å². The van der Waals surface area contributed by atoms with Gasteiger partial charge in [0.1, 0.15) is 0 Å². The molecule has 1 heterocycles. The first-order chi connectivity index (χ1) is 14.1. The highest BCUT2D eigenvalue weighted by molar-refractivity contribution is 6.00. The van der Waals surface area contributed by atoms with Crippen molar-refractivity contribution in [2.75, 3.05) is 6.54 Å². The molecule has 3 N–H and O–H groups in total. The van der Waals surface area contributed by atoms with E-state index in [9.17, 15) is 4.79 Å². The van der Waals surface area contributed by atoms with Crippen LogP contribution in [-0.4, -0.2) is 17.0 Å². The predicted octanol–water partition coefficient (Wildman–Crippen LogP) is 4.48. The fraction of sp³-hybridized carbons (Fsp3) is 0.240. The molecule has 1 aliphatic carbocycles. The van der Waals surface area contributed by atoms with E-state index in [0.29, 0.717) is 6.54 Å². The van der Waals surface area contributed by atoms with Gasteiger partial charge in [0.15, 0.2) is 0 Å². The lowest BCUT2D eigenvalue weighted by molar-refractivity contribution is 0.0930. The second-order valence-electron chi connectivity index (χ2n) is 8.09. The monoisotopic (exact) mass is 383 g/mol. The van der Waals surface area contributed by atoms with Crippen LogP contribution in [0.2, 0.25) is 0 Å². The van der Waals surface area contributed by atoms with Crippen LogP contribution in [-0.2, 0) is 12.1 Å². The van der Waals surface area contributed by atoms with Gasteiger partial charge in [-0.1, -0.05) is 42.5 Å². The average molecular weight is 383 g/mol. The van der Waals surface area contributed by atoms with Crippen LogP contribution in [0.5, 0.6) is 0 Å². The number of nitrogens with two attached hydrogens (primary N) is 1. The average Bonchev–Trinajstić information content (AvgIpc) is 3.41. The molecule has 1 saturated carbocycles. The van der Waals surface area contributed by atoms with E-state index in [1.165, 1.54) is 16.3 Å². The number of nitrogens with one attached hydrogen (secondary N) is 1. The summed E-state index contributed by atoms with van der Waals surface area (Å²) >= 11 is 0. The molecule has 4 nitrogen and oxygen atoms in total. The molecular formula is C25H25N3O. The van der Waals surface area contributed by atoms with Crippen LogP contribution in [0, 0.1) is 6.92 Å². The summed E-state index contributed by atoms with van der Waals surface area (Å²) < 4.78 is 2.11. The number of nitrogens with zero attached hydrogens (tertiary/aromatic N) is 1. The maximum absolute atomic E-state index is 13.3. The van der Waals surface area contributed by atoms with Crippen molar-refractivity contribution in [2.45, 2.75) is 31.8 Å². The molecule has 5 rings (SSSR count). The maximum Gasteiger partial charge on any atom is 0.252 e. The van der Waals surface area contributed by atoms with Gasteiger partial charge in [-0.25, -0.2) is 0 Å². The van der Waals surface area contributed by atoms with Crippen molar-refractivity contribution in [3.05, 3.63) is 83.6 Å². The van der Waals surface area contributed by atoms with Gasteiger partial charge in [-0.3, -0.25) is 4.79 Å². The Bertz CT molecular complexity index is 1230. The fourth-order valence-corrected chi connectivity index (χ4v) is 4.44. The number of aryl methyl sites for hydroxylation is 1. The summed E-state index contributed by atoms with van der Waals surface area (Å²) in [7, 11) is 0. The van der Waals surface area contributed by atoms with Crippen LogP contribution in [0.4, 0.5) is 0 Å². The summed E-state index contributed by atoms with van der Waals surface area (Å²) in [5.41, 5.74) is 9.48. The standard InChI is InChI=1S/C25H25N3O/c1-17-15-19-9-13-28(14-12-26)23(19)16-21(17)24(29)27-25(10-11-25)22-8-4-6-18-5-2-3-7-20(18)22/h2-9,13,15-16H,10-12,14,26H2,1H3,(H,27,29). The zero-order valence-electron chi connectivity index (χ0n) is 16.6. The first-order valence-electron chi connectivity index (χ1n) is 10.2. The molecule has 0 atom stereocenters. The van der Waals surface area contributed by atoms with Crippen molar-refractivity contribution in [3.63, 3.8) is 0 Å². The predicted molar refractivity (Wildman–Crippen MR) is 118 cm³/mol. The number of rotatable bonds is 5. The van der Waals surface area contributed by atoms with Crippen LogP contribution in [0.3, 0.4) is 0 Å². The van der Waals surface area contributed by atoms with Crippen molar-refractivity contribution in [2.24, 2.45) is 5.73 Å². The Kier molecular flexibility index (Phi) is 4.18. The van der Waals surface area contributed by atoms with Crippen LogP contribution in [0.15, 0.2) is 66.9 Å². The van der Waals surface area contributed by atoms with Crippen LogP contribution in [0.25, 0.3) is 21.7 Å². The molecule has 4 heteroatoms. The van der Waals surface area contributed by atoms with E-state index in [4.69, 9.17) is 5.73 Å². The molecule has 0 radical (unpaired) electrons. The maximum atomic E-state index is 13.3. The summed E-state index contributed by atoms with van der Waals surface area (Å²) in [6, 6.07) is 20.9. The number of hydrogen-bond acceptors (Lipinski definition) is 2. The second-order valence-corrected chi connectivity index (χ2v) is 8.09. The quantitative estimate of drug-likeness (QED) is 0.534. The number of carbonyl (C=O) groups is 1. The van der Waals surface area contributed by atoms with Gasteiger partial charge in [0, 0.05) is 30.4 Å². The molecule has 29 heavy (non-hydrogen) atoms. The lowest BCUT2D eigenvalue weighted by Crippen LogP contribution is -2.35. The zero-order chi connectivity index (χ0) is 20.0. The summed E-state index contributed by atoms with van der Waals surface area (Å²) in [4.78, 5) is 13.3. The van der Waals surface area contributed by atoms with E-state index >= 15 is 0 Å². The second kappa shape index (κ2) is 6.75. The van der Waals surface area contributed by atoms with E-state index < -0.39 is 0 Å². The van der Waals surface area contributed by atoms with Gasteiger partial charge in [0.05, 0.1) is 5.54 Å². The molecule has 1 aromatic heterocycles. The molecule has 3 aromatic carbocycles. The first-order valence-corrected chi connectivity index (χ1v) is 10.2. The third kappa shape index (κ3) is 3.00. The Morgan fingerprint density at radius 2 is 1.86 bits per heavy atom. The zero-order valence-corrected chi connectivity index (χ0v) is 16.6. The minimum atomic E-state index is -0.265. The minimum Gasteiger partial charge on any atom is -0.346 e. The minimum absolute atomic E-state index is 0.00432.